The summed E-state index contributed by atoms with van der Waals surface area (Å²) in [6.45, 7) is 12.2. The molecule has 11 heteroatoms. The zero-order valence-corrected chi connectivity index (χ0v) is 30.7. The number of fused-ring (bicyclic) bond motifs is 5. The van der Waals surface area contributed by atoms with Gasteiger partial charge in [0.1, 0.15) is 0 Å². The number of allylic oxidation sites excluding steroid dienone is 9. The van der Waals surface area contributed by atoms with Crippen LogP contribution in [-0.2, 0) is 32.6 Å². The third-order valence-electron chi connectivity index (χ3n) is 10.4. The Morgan fingerprint density at radius 1 is 0.960 bits per heavy atom. The van der Waals surface area contributed by atoms with Gasteiger partial charge < -0.3 is 19.5 Å². The molecule has 1 aromatic rings. The maximum Gasteiger partial charge on any atom is 2.00 e. The summed E-state index contributed by atoms with van der Waals surface area (Å²) in [5, 5.41) is 27.7. The van der Waals surface area contributed by atoms with Gasteiger partial charge in [-0.1, -0.05) is 40.0 Å². The van der Waals surface area contributed by atoms with Crippen LogP contribution in [-0.4, -0.2) is 34.8 Å². The Hall–Kier alpha value is -4.37. The van der Waals surface area contributed by atoms with Crippen LogP contribution in [0.5, 0.6) is 5.88 Å². The Morgan fingerprint density at radius 2 is 1.68 bits per heavy atom. The molecule has 0 aliphatic carbocycles. The van der Waals surface area contributed by atoms with Crippen molar-refractivity contribution in [3.63, 3.8) is 0 Å². The zero-order chi connectivity index (χ0) is 35.1. The summed E-state index contributed by atoms with van der Waals surface area (Å²) in [7, 11) is 1.36. The second-order valence-electron chi connectivity index (χ2n) is 13.3. The van der Waals surface area contributed by atoms with Crippen molar-refractivity contribution in [2.75, 3.05) is 7.11 Å². The van der Waals surface area contributed by atoms with Crippen molar-refractivity contribution in [3.8, 4) is 5.88 Å². The van der Waals surface area contributed by atoms with Gasteiger partial charge in [-0.05, 0) is 92.0 Å². The second kappa shape index (κ2) is 14.9. The first kappa shape index (κ1) is 36.9. The first-order valence-electron chi connectivity index (χ1n) is 17.3. The summed E-state index contributed by atoms with van der Waals surface area (Å²) < 4.78 is 6.33. The quantitative estimate of drug-likeness (QED) is 0.163. The number of methoxy groups -OCH3 is 1. The normalized spacial score (nSPS) is 21.4. The molecule has 6 heterocycles. The molecule has 0 saturated heterocycles. The minimum absolute atomic E-state index is 0. The number of aromatic nitrogens is 1. The molecule has 0 spiro atoms. The van der Waals surface area contributed by atoms with Gasteiger partial charge in [0.05, 0.1) is 51.9 Å². The fourth-order valence-electron chi connectivity index (χ4n) is 7.41. The molecule has 5 aliphatic rings. The van der Waals surface area contributed by atoms with Crippen LogP contribution < -0.4 is 26.3 Å². The molecule has 8 bridgehead atoms. The monoisotopic (exact) mass is 719 g/mol. The number of ether oxygens (including phenoxy) is 1. The molecule has 6 rings (SSSR count). The molecule has 0 N–H and O–H groups in total. The Bertz CT molecular complexity index is 2140. The van der Waals surface area contributed by atoms with Crippen LogP contribution in [0.1, 0.15) is 92.1 Å². The summed E-state index contributed by atoms with van der Waals surface area (Å²) in [6.07, 6.45) is 11.3. The van der Waals surface area contributed by atoms with E-state index in [-0.39, 0.29) is 46.3 Å². The van der Waals surface area contributed by atoms with Crippen molar-refractivity contribution < 1.29 is 36.2 Å². The number of carbonyl (C=O) groups is 1. The molecule has 2 atom stereocenters. The van der Waals surface area contributed by atoms with Crippen LogP contribution in [0.15, 0.2) is 94.3 Å². The topological polar surface area (TPSA) is 144 Å². The predicted molar refractivity (Wildman–Crippen MR) is 187 cm³/mol. The number of esters is 1. The van der Waals surface area contributed by atoms with Gasteiger partial charge in [-0.25, -0.2) is 15.0 Å². The molecule has 10 nitrogen and oxygen atoms in total. The minimum Gasteiger partial charge on any atom is -0.877 e. The number of aliphatic imine (C=N–C) groups is 3. The zero-order valence-electron chi connectivity index (χ0n) is 29.7. The standard InChI is InChI=1S/C39H45N5O5.Ni/c1-8-10-11-12-15-44-38(47)34-23(6)30-18-31-24(9-2)20(3)28(40-31)17-32-26(19-45)22(5)27(41-32)16-29-21(4)25(13-14-33(46)49-7)36(42-29)35(39(44)48)37(34)43-30;/h16-19,21,25,45,48H,8-15H2,1-7H3;/q;+2/p-2/b26-19+,28-17?,29-16?,30-18?;/t21-,25-;/m0./s1. The number of hydrogen-bond acceptors (Lipinski definition) is 9. The van der Waals surface area contributed by atoms with E-state index < -0.39 is 5.88 Å². The number of hydrogen-bond donors (Lipinski definition) is 0. The number of pyridine rings is 1. The van der Waals surface area contributed by atoms with Crippen LogP contribution in [0.4, 0.5) is 0 Å². The first-order valence-corrected chi connectivity index (χ1v) is 17.3. The van der Waals surface area contributed by atoms with Crippen molar-refractivity contribution in [3.05, 3.63) is 96.1 Å². The molecular weight excluding hydrogens is 677 g/mol. The molecule has 264 valence electrons. The van der Waals surface area contributed by atoms with Crippen molar-refractivity contribution in [2.45, 2.75) is 93.0 Å². The number of rotatable bonds is 9. The molecule has 50 heavy (non-hydrogen) atoms. The fourth-order valence-corrected chi connectivity index (χ4v) is 7.41. The molecule has 5 aliphatic heterocycles. The van der Waals surface area contributed by atoms with Gasteiger partial charge in [-0.3, -0.25) is 14.6 Å². The number of nitrogens with zero attached hydrogens (tertiary/aromatic N) is 5. The van der Waals surface area contributed by atoms with Gasteiger partial charge in [-0.2, -0.15) is 0 Å². The maximum atomic E-state index is 14.6. The van der Waals surface area contributed by atoms with Crippen molar-refractivity contribution in [1.29, 1.82) is 0 Å². The van der Waals surface area contributed by atoms with Crippen LogP contribution >= 0.6 is 0 Å². The number of carbonyl (C=O) groups excluding carboxylic acids is 1. The van der Waals surface area contributed by atoms with E-state index >= 15 is 0 Å². The van der Waals surface area contributed by atoms with Crippen LogP contribution in [0.25, 0.3) is 5.57 Å². The molecule has 0 saturated carbocycles. The average Bonchev–Trinajstić information content (AvgIpc) is 3.76. The van der Waals surface area contributed by atoms with Gasteiger partial charge in [-0.15, -0.1) is 6.26 Å². The largest absolute Gasteiger partial charge is 2.00 e. The Labute approximate surface area is 302 Å². The average molecular weight is 720 g/mol. The third-order valence-corrected chi connectivity index (χ3v) is 10.4. The Kier molecular flexibility index (Phi) is 11.0. The van der Waals surface area contributed by atoms with Crippen LogP contribution in [0.2, 0.25) is 0 Å². The van der Waals surface area contributed by atoms with E-state index in [0.717, 1.165) is 42.2 Å². The third kappa shape index (κ3) is 6.25. The van der Waals surface area contributed by atoms with Crippen molar-refractivity contribution in [2.24, 2.45) is 31.8 Å². The van der Waals surface area contributed by atoms with Gasteiger partial charge in [0.25, 0.3) is 5.56 Å². The second-order valence-corrected chi connectivity index (χ2v) is 13.3. The Morgan fingerprint density at radius 3 is 2.36 bits per heavy atom. The molecule has 0 aromatic carbocycles. The summed E-state index contributed by atoms with van der Waals surface area (Å²) in [5.74, 6) is -1.33. The first-order chi connectivity index (χ1) is 23.5. The van der Waals surface area contributed by atoms with E-state index in [1.54, 1.807) is 0 Å². The van der Waals surface area contributed by atoms with Crippen LogP contribution in [0, 0.1) is 11.8 Å². The van der Waals surface area contributed by atoms with Gasteiger partial charge in [0, 0.05) is 36.1 Å². The predicted octanol–water partition coefficient (Wildman–Crippen LogP) is 4.13. The molecule has 0 unspecified atom stereocenters. The smallest absolute Gasteiger partial charge is 0.877 e. The van der Waals surface area contributed by atoms with E-state index in [1.807, 2.05) is 45.9 Å². The van der Waals surface area contributed by atoms with Crippen molar-refractivity contribution in [1.82, 2.24) is 4.57 Å². The molecule has 1 aromatic heterocycles. The molecule has 0 fully saturated rings. The fraction of sp³-hybridized carbons (Fsp3) is 0.436. The molecule has 0 amide bonds. The summed E-state index contributed by atoms with van der Waals surface area (Å²) >= 11 is 0. The van der Waals surface area contributed by atoms with E-state index in [2.05, 4.69) is 13.8 Å². The summed E-state index contributed by atoms with van der Waals surface area (Å²) in [6, 6.07) is 0. The van der Waals surface area contributed by atoms with Gasteiger partial charge in [0.2, 0.25) is 0 Å². The van der Waals surface area contributed by atoms with E-state index in [9.17, 15) is 19.8 Å². The number of unbranched alkanes of at least 4 members (excludes halogenated alkanes) is 3. The van der Waals surface area contributed by atoms with Gasteiger partial charge >= 0.3 is 22.5 Å². The molecular formula is C39H43N5NiO5. The Balaban J connectivity index is 0.00000486. The van der Waals surface area contributed by atoms with Crippen molar-refractivity contribution >= 4 is 28.7 Å². The van der Waals surface area contributed by atoms with E-state index in [4.69, 9.17) is 24.7 Å². The molecule has 0 radical (unpaired) electrons. The SMILES string of the molecule is CCCCCCn1c([O-])c2c3c(c1=O)=C(C)C(=CC1=NC(=CC4=NC(=C(C)/C4=C\[O-])C=C4N=C2[C@@H](CCC(=O)OC)[C@@H]4C)C(C)=C1CC)N=3.[Ni+2]. The summed E-state index contributed by atoms with van der Waals surface area (Å²) in [4.78, 5) is 46.5. The summed E-state index contributed by atoms with van der Waals surface area (Å²) in [5.41, 5.74) is 8.11. The maximum absolute atomic E-state index is 14.6. The minimum atomic E-state index is -0.420. The van der Waals surface area contributed by atoms with E-state index in [0.29, 0.717) is 93.0 Å². The van der Waals surface area contributed by atoms with Crippen LogP contribution in [0.3, 0.4) is 0 Å². The van der Waals surface area contributed by atoms with Gasteiger partial charge in [0.15, 0.2) is 0 Å². The van der Waals surface area contributed by atoms with E-state index in [1.165, 1.54) is 11.7 Å².